The molecule has 1 aromatic carbocycles. The molecule has 30 heavy (non-hydrogen) atoms. The number of H-pyrrole nitrogens is 1. The van der Waals surface area contributed by atoms with Crippen LogP contribution in [0, 0.1) is 11.8 Å². The lowest BCUT2D eigenvalue weighted by Gasteiger charge is -2.27. The summed E-state index contributed by atoms with van der Waals surface area (Å²) in [7, 11) is 0. The summed E-state index contributed by atoms with van der Waals surface area (Å²) in [5.41, 5.74) is 3.04. The lowest BCUT2D eigenvalue weighted by molar-refractivity contribution is -0.124. The SMILES string of the molecule is O=C(O)c1ccnc(CCCC(=O)C2CCCC(Cc3nc4ccccc4[nH]3)C2)c1. The molecule has 2 heterocycles. The Morgan fingerprint density at radius 1 is 1.17 bits per heavy atom. The van der Waals surface area contributed by atoms with Crippen molar-refractivity contribution in [1.82, 2.24) is 15.0 Å². The summed E-state index contributed by atoms with van der Waals surface area (Å²) in [4.78, 5) is 36.2. The number of pyridine rings is 1. The highest BCUT2D eigenvalue weighted by molar-refractivity contribution is 5.87. The number of Topliss-reactive ketones (excluding diaryl/α,β-unsaturated/α-hetero) is 1. The molecular weight excluding hydrogens is 378 g/mol. The van der Waals surface area contributed by atoms with Gasteiger partial charge in [0.05, 0.1) is 16.6 Å². The van der Waals surface area contributed by atoms with Gasteiger partial charge in [0, 0.05) is 30.7 Å². The summed E-state index contributed by atoms with van der Waals surface area (Å²) in [5.74, 6) is 1.01. The Balaban J connectivity index is 1.28. The van der Waals surface area contributed by atoms with Gasteiger partial charge in [0.25, 0.3) is 0 Å². The second-order valence-corrected chi connectivity index (χ2v) is 8.30. The molecular formula is C24H27N3O3. The Bertz CT molecular complexity index is 1010. The topological polar surface area (TPSA) is 95.9 Å². The van der Waals surface area contributed by atoms with E-state index in [4.69, 9.17) is 10.1 Å². The standard InChI is InChI=1S/C24H27N3O3/c28-22(10-4-7-19-15-18(24(29)30)11-12-25-19)17-6-3-5-16(13-17)14-23-26-20-8-1-2-9-21(20)27-23/h1-2,8-9,11-12,15-17H,3-7,10,13-14H2,(H,26,27)(H,29,30). The molecule has 1 aliphatic rings. The molecule has 1 aliphatic carbocycles. The van der Waals surface area contributed by atoms with Crippen LogP contribution in [0.15, 0.2) is 42.6 Å². The highest BCUT2D eigenvalue weighted by Crippen LogP contribution is 2.32. The number of carboxylic acids is 1. The molecule has 0 amide bonds. The molecule has 2 N–H and O–H groups in total. The van der Waals surface area contributed by atoms with Gasteiger partial charge in [-0.05, 0) is 62.3 Å². The maximum absolute atomic E-state index is 12.8. The van der Waals surface area contributed by atoms with Gasteiger partial charge in [0.1, 0.15) is 11.6 Å². The van der Waals surface area contributed by atoms with E-state index in [-0.39, 0.29) is 11.5 Å². The highest BCUT2D eigenvalue weighted by Gasteiger charge is 2.27. The van der Waals surface area contributed by atoms with E-state index in [0.29, 0.717) is 31.0 Å². The zero-order valence-corrected chi connectivity index (χ0v) is 17.0. The molecule has 2 atom stereocenters. The number of aromatic carboxylic acids is 1. The van der Waals surface area contributed by atoms with Crippen LogP contribution < -0.4 is 0 Å². The number of nitrogens with one attached hydrogen (secondary N) is 1. The van der Waals surface area contributed by atoms with E-state index in [9.17, 15) is 9.59 Å². The Labute approximate surface area is 175 Å². The first-order valence-corrected chi connectivity index (χ1v) is 10.7. The van der Waals surface area contributed by atoms with E-state index < -0.39 is 5.97 Å². The zero-order chi connectivity index (χ0) is 20.9. The minimum absolute atomic E-state index is 0.131. The van der Waals surface area contributed by atoms with Crippen LogP contribution in [-0.2, 0) is 17.6 Å². The van der Waals surface area contributed by atoms with Crippen LogP contribution in [0.25, 0.3) is 11.0 Å². The number of hydrogen-bond donors (Lipinski definition) is 2. The van der Waals surface area contributed by atoms with Gasteiger partial charge in [0.15, 0.2) is 0 Å². The van der Waals surface area contributed by atoms with Crippen molar-refractivity contribution in [3.05, 3.63) is 59.7 Å². The number of nitrogens with zero attached hydrogens (tertiary/aromatic N) is 2. The maximum Gasteiger partial charge on any atom is 0.335 e. The van der Waals surface area contributed by atoms with Crippen LogP contribution >= 0.6 is 0 Å². The number of ketones is 1. The molecule has 4 rings (SSSR count). The number of para-hydroxylation sites is 2. The second kappa shape index (κ2) is 9.20. The van der Waals surface area contributed by atoms with Gasteiger partial charge >= 0.3 is 5.97 Å². The van der Waals surface area contributed by atoms with Crippen LogP contribution in [-0.4, -0.2) is 31.8 Å². The Kier molecular flexibility index (Phi) is 6.21. The third-order valence-electron chi connectivity index (χ3n) is 6.08. The van der Waals surface area contributed by atoms with Crippen LogP contribution in [0.1, 0.15) is 60.4 Å². The van der Waals surface area contributed by atoms with Gasteiger partial charge in [-0.25, -0.2) is 9.78 Å². The first-order valence-electron chi connectivity index (χ1n) is 10.7. The van der Waals surface area contributed by atoms with Gasteiger partial charge in [-0.3, -0.25) is 9.78 Å². The van der Waals surface area contributed by atoms with E-state index >= 15 is 0 Å². The normalized spacial score (nSPS) is 19.1. The van der Waals surface area contributed by atoms with Crippen molar-refractivity contribution < 1.29 is 14.7 Å². The summed E-state index contributed by atoms with van der Waals surface area (Å²) in [6, 6.07) is 11.1. The number of fused-ring (bicyclic) bond motifs is 1. The summed E-state index contributed by atoms with van der Waals surface area (Å²) >= 11 is 0. The minimum Gasteiger partial charge on any atom is -0.478 e. The molecule has 2 unspecified atom stereocenters. The number of carboxylic acid groups (broad SMARTS) is 1. The summed E-state index contributed by atoms with van der Waals surface area (Å²) < 4.78 is 0. The molecule has 1 fully saturated rings. The number of aromatic amines is 1. The minimum atomic E-state index is -0.951. The van der Waals surface area contributed by atoms with E-state index in [1.807, 2.05) is 24.3 Å². The fourth-order valence-electron chi connectivity index (χ4n) is 4.54. The molecule has 0 aliphatic heterocycles. The molecule has 0 saturated heterocycles. The molecule has 0 spiro atoms. The van der Waals surface area contributed by atoms with Crippen LogP contribution in [0.5, 0.6) is 0 Å². The molecule has 6 nitrogen and oxygen atoms in total. The largest absolute Gasteiger partial charge is 0.478 e. The maximum atomic E-state index is 12.8. The van der Waals surface area contributed by atoms with E-state index in [1.165, 1.54) is 12.3 Å². The average molecular weight is 405 g/mol. The summed E-state index contributed by atoms with van der Waals surface area (Å²) in [6.45, 7) is 0. The number of aryl methyl sites for hydroxylation is 1. The number of benzene rings is 1. The number of rotatable bonds is 8. The second-order valence-electron chi connectivity index (χ2n) is 8.30. The first-order chi connectivity index (χ1) is 14.6. The molecule has 6 heteroatoms. The van der Waals surface area contributed by atoms with Crippen molar-refractivity contribution in [2.24, 2.45) is 11.8 Å². The number of aromatic nitrogens is 3. The van der Waals surface area contributed by atoms with Gasteiger partial charge in [-0.15, -0.1) is 0 Å². The van der Waals surface area contributed by atoms with Crippen molar-refractivity contribution >= 4 is 22.8 Å². The van der Waals surface area contributed by atoms with Gasteiger partial charge in [0.2, 0.25) is 0 Å². The predicted octanol–water partition coefficient (Wildman–Crippen LogP) is 4.60. The van der Waals surface area contributed by atoms with Gasteiger partial charge in [-0.1, -0.05) is 18.6 Å². The quantitative estimate of drug-likeness (QED) is 0.571. The van der Waals surface area contributed by atoms with Crippen molar-refractivity contribution in [2.75, 3.05) is 0 Å². The fourth-order valence-corrected chi connectivity index (χ4v) is 4.54. The molecule has 2 aromatic heterocycles. The van der Waals surface area contributed by atoms with Crippen LogP contribution in [0.2, 0.25) is 0 Å². The molecule has 1 saturated carbocycles. The molecule has 0 radical (unpaired) electrons. The predicted molar refractivity (Wildman–Crippen MR) is 114 cm³/mol. The van der Waals surface area contributed by atoms with Crippen molar-refractivity contribution in [3.63, 3.8) is 0 Å². The Hall–Kier alpha value is -3.02. The third kappa shape index (κ3) is 4.93. The van der Waals surface area contributed by atoms with Crippen LogP contribution in [0.3, 0.4) is 0 Å². The number of hydrogen-bond acceptors (Lipinski definition) is 4. The fraction of sp³-hybridized carbons (Fsp3) is 0.417. The van der Waals surface area contributed by atoms with Gasteiger partial charge < -0.3 is 10.1 Å². The lowest BCUT2D eigenvalue weighted by Crippen LogP contribution is -2.24. The number of carbonyl (C=O) groups is 2. The first kappa shape index (κ1) is 20.3. The lowest BCUT2D eigenvalue weighted by atomic mass is 9.77. The summed E-state index contributed by atoms with van der Waals surface area (Å²) in [6.07, 6.45) is 8.42. The van der Waals surface area contributed by atoms with E-state index in [2.05, 4.69) is 9.97 Å². The van der Waals surface area contributed by atoms with Crippen molar-refractivity contribution in [1.29, 1.82) is 0 Å². The molecule has 3 aromatic rings. The third-order valence-corrected chi connectivity index (χ3v) is 6.08. The Morgan fingerprint density at radius 3 is 2.87 bits per heavy atom. The van der Waals surface area contributed by atoms with E-state index in [1.54, 1.807) is 6.07 Å². The summed E-state index contributed by atoms with van der Waals surface area (Å²) in [5, 5.41) is 9.08. The van der Waals surface area contributed by atoms with Crippen molar-refractivity contribution in [2.45, 2.75) is 51.4 Å². The highest BCUT2D eigenvalue weighted by atomic mass is 16.4. The van der Waals surface area contributed by atoms with Gasteiger partial charge in [-0.2, -0.15) is 0 Å². The van der Waals surface area contributed by atoms with Crippen LogP contribution in [0.4, 0.5) is 0 Å². The molecule has 156 valence electrons. The number of imidazole rings is 1. The zero-order valence-electron chi connectivity index (χ0n) is 17.0. The molecule has 0 bridgehead atoms. The Morgan fingerprint density at radius 2 is 2.03 bits per heavy atom. The smallest absolute Gasteiger partial charge is 0.335 e. The average Bonchev–Trinajstić information content (AvgIpc) is 3.16. The monoisotopic (exact) mass is 405 g/mol. The van der Waals surface area contributed by atoms with E-state index in [0.717, 1.165) is 54.7 Å². The van der Waals surface area contributed by atoms with Crippen molar-refractivity contribution in [3.8, 4) is 0 Å². The number of carbonyl (C=O) groups excluding carboxylic acids is 1.